The maximum absolute atomic E-state index is 12.1. The van der Waals surface area contributed by atoms with E-state index in [1.165, 1.54) is 44.9 Å². The summed E-state index contributed by atoms with van der Waals surface area (Å²) < 4.78 is 16.0. The van der Waals surface area contributed by atoms with Gasteiger partial charge in [0, 0.05) is 19.4 Å². The molecule has 0 spiro atoms. The smallest absolute Gasteiger partial charge is 0.466 e. The van der Waals surface area contributed by atoms with Crippen LogP contribution in [-0.4, -0.2) is 57.0 Å². The van der Waals surface area contributed by atoms with Gasteiger partial charge in [0.1, 0.15) is 6.10 Å². The predicted molar refractivity (Wildman–Crippen MR) is 157 cm³/mol. The van der Waals surface area contributed by atoms with E-state index in [1.54, 1.807) is 0 Å². The monoisotopic (exact) mass is 535 g/mol. The van der Waals surface area contributed by atoms with Crippen molar-refractivity contribution in [1.29, 1.82) is 0 Å². The number of esters is 1. The third-order valence-electron chi connectivity index (χ3n) is 6.29. The first-order chi connectivity index (χ1) is 18.5. The van der Waals surface area contributed by atoms with Crippen LogP contribution in [0.2, 0.25) is 0 Å². The Morgan fingerprint density at radius 3 is 2.21 bits per heavy atom. The lowest BCUT2D eigenvalue weighted by atomic mass is 10.1. The summed E-state index contributed by atoms with van der Waals surface area (Å²) in [6.07, 6.45) is 22.5. The molecule has 0 aliphatic rings. The molecule has 0 aromatic carbocycles. The highest BCUT2D eigenvalue weighted by molar-refractivity contribution is 5.69. The summed E-state index contributed by atoms with van der Waals surface area (Å²) in [5, 5.41) is 0. The molecule has 0 aliphatic carbocycles. The minimum Gasteiger partial charge on any atom is -0.466 e. The Kier molecular flexibility index (Phi) is 26.5. The molecule has 0 rings (SSSR count). The molecule has 38 heavy (non-hydrogen) atoms. The van der Waals surface area contributed by atoms with Gasteiger partial charge in [0.2, 0.25) is 0 Å². The van der Waals surface area contributed by atoms with Crippen LogP contribution in [0.15, 0.2) is 12.2 Å². The Morgan fingerprint density at radius 2 is 1.47 bits per heavy atom. The van der Waals surface area contributed by atoms with E-state index in [0.29, 0.717) is 13.0 Å². The molecule has 220 valence electrons. The number of allylic oxidation sites excluding steroid dienone is 1. The highest BCUT2D eigenvalue weighted by Crippen LogP contribution is 2.14. The van der Waals surface area contributed by atoms with Gasteiger partial charge in [0.15, 0.2) is 6.61 Å². The zero-order valence-electron chi connectivity index (χ0n) is 25.1. The molecule has 0 fully saturated rings. The zero-order chi connectivity index (χ0) is 28.1. The van der Waals surface area contributed by atoms with Gasteiger partial charge in [-0.25, -0.2) is 4.79 Å². The Hall–Kier alpha value is -2.00. The first kappa shape index (κ1) is 36.0. The maximum Gasteiger partial charge on any atom is 0.509 e. The van der Waals surface area contributed by atoms with Crippen molar-refractivity contribution in [2.45, 2.75) is 136 Å². The zero-order valence-corrected chi connectivity index (χ0v) is 25.1. The molecule has 0 aromatic heterocycles. The Balaban J connectivity index is 3.98. The number of unbranched alkanes of at least 4 members (excludes halogenated alkanes) is 12. The number of nitrogens with zero attached hydrogens (tertiary/aromatic N) is 1. The lowest BCUT2D eigenvalue weighted by molar-refractivity contribution is -0.144. The largest absolute Gasteiger partial charge is 0.509 e. The minimum absolute atomic E-state index is 0.0987. The highest BCUT2D eigenvalue weighted by Gasteiger charge is 2.14. The molecule has 0 bridgehead atoms. The molecular formula is C32H57NO5. The fourth-order valence-corrected chi connectivity index (χ4v) is 3.90. The van der Waals surface area contributed by atoms with Crippen molar-refractivity contribution in [3.05, 3.63) is 12.2 Å². The summed E-state index contributed by atoms with van der Waals surface area (Å²) in [6, 6.07) is 0. The summed E-state index contributed by atoms with van der Waals surface area (Å²) in [5.41, 5.74) is 0. The summed E-state index contributed by atoms with van der Waals surface area (Å²) in [6.45, 7) is 5.74. The van der Waals surface area contributed by atoms with E-state index in [-0.39, 0.29) is 18.7 Å². The number of ether oxygens (including phenoxy) is 3. The van der Waals surface area contributed by atoms with Crippen LogP contribution >= 0.6 is 0 Å². The predicted octanol–water partition coefficient (Wildman–Crippen LogP) is 8.23. The van der Waals surface area contributed by atoms with Gasteiger partial charge in [-0.05, 0) is 52.6 Å². The van der Waals surface area contributed by atoms with Gasteiger partial charge in [0.05, 0.1) is 13.0 Å². The van der Waals surface area contributed by atoms with E-state index >= 15 is 0 Å². The Labute approximate surface area is 234 Å². The second-order valence-corrected chi connectivity index (χ2v) is 10.3. The van der Waals surface area contributed by atoms with E-state index in [4.69, 9.17) is 14.2 Å². The average molecular weight is 536 g/mol. The van der Waals surface area contributed by atoms with Crippen molar-refractivity contribution >= 4 is 12.1 Å². The molecule has 6 heteroatoms. The summed E-state index contributed by atoms with van der Waals surface area (Å²) >= 11 is 0. The number of hydrogen-bond acceptors (Lipinski definition) is 6. The number of carbonyl (C=O) groups excluding carboxylic acids is 2. The van der Waals surface area contributed by atoms with Crippen LogP contribution in [0.4, 0.5) is 4.79 Å². The van der Waals surface area contributed by atoms with E-state index in [1.807, 2.05) is 19.0 Å². The molecule has 0 N–H and O–H groups in total. The SMILES string of the molecule is CCCCCC#CCOC(=O)OC(C/C=C\CCCCCCCCOC(=O)CCN(C)C)CCCCCC. The van der Waals surface area contributed by atoms with Gasteiger partial charge < -0.3 is 19.1 Å². The molecule has 0 heterocycles. The van der Waals surface area contributed by atoms with Gasteiger partial charge in [-0.15, -0.1) is 0 Å². The maximum atomic E-state index is 12.1. The third-order valence-corrected chi connectivity index (χ3v) is 6.29. The van der Waals surface area contributed by atoms with Crippen LogP contribution in [-0.2, 0) is 19.0 Å². The molecule has 1 unspecified atom stereocenters. The van der Waals surface area contributed by atoms with E-state index in [9.17, 15) is 9.59 Å². The molecule has 1 atom stereocenters. The van der Waals surface area contributed by atoms with Crippen molar-refractivity contribution in [2.24, 2.45) is 0 Å². The van der Waals surface area contributed by atoms with Gasteiger partial charge in [-0.1, -0.05) is 95.6 Å². The summed E-state index contributed by atoms with van der Waals surface area (Å²) in [7, 11) is 3.91. The van der Waals surface area contributed by atoms with Crippen LogP contribution in [0.5, 0.6) is 0 Å². The van der Waals surface area contributed by atoms with Gasteiger partial charge in [0.25, 0.3) is 0 Å². The number of hydrogen-bond donors (Lipinski definition) is 0. The molecule has 0 saturated heterocycles. The Morgan fingerprint density at radius 1 is 0.789 bits per heavy atom. The summed E-state index contributed by atoms with van der Waals surface area (Å²) in [5.74, 6) is 5.86. The molecule has 0 radical (unpaired) electrons. The standard InChI is InChI=1S/C32H57NO5/c1-5-7-9-11-18-23-29-37-32(35)38-30(24-20-10-8-6-2)25-21-17-15-13-12-14-16-19-22-28-36-31(34)26-27-33(3)4/h17,21,30H,5-16,19-20,22,24-29H2,1-4H3/b21-17-. The van der Waals surface area contributed by atoms with Crippen LogP contribution < -0.4 is 0 Å². The van der Waals surface area contributed by atoms with Crippen LogP contribution in [0.1, 0.15) is 129 Å². The van der Waals surface area contributed by atoms with Crippen molar-refractivity contribution in [1.82, 2.24) is 4.90 Å². The van der Waals surface area contributed by atoms with Crippen molar-refractivity contribution in [2.75, 3.05) is 33.9 Å². The fourth-order valence-electron chi connectivity index (χ4n) is 3.90. The molecule has 0 aromatic rings. The second kappa shape index (κ2) is 28.0. The minimum atomic E-state index is -0.606. The van der Waals surface area contributed by atoms with Gasteiger partial charge in [-0.2, -0.15) is 0 Å². The molecule has 0 aliphatic heterocycles. The molecule has 6 nitrogen and oxygen atoms in total. The highest BCUT2D eigenvalue weighted by atomic mass is 16.7. The van der Waals surface area contributed by atoms with Crippen molar-refractivity contribution in [3.63, 3.8) is 0 Å². The molecule has 0 saturated carbocycles. The lowest BCUT2D eigenvalue weighted by Gasteiger charge is -2.15. The van der Waals surface area contributed by atoms with Crippen LogP contribution in [0.25, 0.3) is 0 Å². The fraction of sp³-hybridized carbons (Fsp3) is 0.812. The topological polar surface area (TPSA) is 65.1 Å². The van der Waals surface area contributed by atoms with Gasteiger partial charge in [-0.3, -0.25) is 4.79 Å². The number of carbonyl (C=O) groups is 2. The normalized spacial score (nSPS) is 11.8. The van der Waals surface area contributed by atoms with E-state index < -0.39 is 6.16 Å². The van der Waals surface area contributed by atoms with Crippen molar-refractivity contribution < 1.29 is 23.8 Å². The van der Waals surface area contributed by atoms with Crippen LogP contribution in [0.3, 0.4) is 0 Å². The van der Waals surface area contributed by atoms with E-state index in [0.717, 1.165) is 70.8 Å². The quantitative estimate of drug-likeness (QED) is 0.0537. The first-order valence-electron chi connectivity index (χ1n) is 15.2. The first-order valence-corrected chi connectivity index (χ1v) is 15.2. The second-order valence-electron chi connectivity index (χ2n) is 10.3. The molecular weight excluding hydrogens is 478 g/mol. The van der Waals surface area contributed by atoms with Gasteiger partial charge >= 0.3 is 12.1 Å². The number of rotatable bonds is 24. The third kappa shape index (κ3) is 27.0. The Bertz CT molecular complexity index is 650. The van der Waals surface area contributed by atoms with Crippen LogP contribution in [0, 0.1) is 11.8 Å². The summed E-state index contributed by atoms with van der Waals surface area (Å²) in [4.78, 5) is 25.7. The van der Waals surface area contributed by atoms with Crippen molar-refractivity contribution in [3.8, 4) is 11.8 Å². The lowest BCUT2D eigenvalue weighted by Crippen LogP contribution is -2.19. The molecule has 0 amide bonds. The average Bonchev–Trinajstić information content (AvgIpc) is 2.89. The van der Waals surface area contributed by atoms with E-state index in [2.05, 4.69) is 37.8 Å².